The Bertz CT molecular complexity index is 672. The maximum absolute atomic E-state index is 12.4. The number of aryl methyl sites for hydroxylation is 1. The van der Waals surface area contributed by atoms with Crippen molar-refractivity contribution in [3.05, 3.63) is 35.4 Å². The van der Waals surface area contributed by atoms with Gasteiger partial charge in [-0.15, -0.1) is 11.8 Å². The number of carbonyl (C=O) groups excluding carboxylic acids is 1. The van der Waals surface area contributed by atoms with Crippen molar-refractivity contribution in [1.82, 2.24) is 4.90 Å². The van der Waals surface area contributed by atoms with Gasteiger partial charge in [0.15, 0.2) is 9.84 Å². The molecule has 0 bridgehead atoms. The van der Waals surface area contributed by atoms with Crippen LogP contribution in [0.3, 0.4) is 0 Å². The summed E-state index contributed by atoms with van der Waals surface area (Å²) in [5.74, 6) is 0.956. The molecule has 4 nitrogen and oxygen atoms in total. The van der Waals surface area contributed by atoms with E-state index in [1.54, 1.807) is 0 Å². The van der Waals surface area contributed by atoms with E-state index < -0.39 is 9.84 Å². The van der Waals surface area contributed by atoms with Gasteiger partial charge in [-0.3, -0.25) is 4.79 Å². The molecule has 1 fully saturated rings. The second kappa shape index (κ2) is 6.24. The van der Waals surface area contributed by atoms with Crippen LogP contribution in [0.2, 0.25) is 0 Å². The third-order valence-corrected chi connectivity index (χ3v) is 7.86. The monoisotopic (exact) mass is 339 g/mol. The number of amides is 1. The highest BCUT2D eigenvalue weighted by atomic mass is 32.2. The first-order valence-electron chi connectivity index (χ1n) is 7.62. The van der Waals surface area contributed by atoms with Crippen molar-refractivity contribution in [2.75, 3.05) is 24.3 Å². The summed E-state index contributed by atoms with van der Waals surface area (Å²) >= 11 is 1.49. The Labute approximate surface area is 136 Å². The quantitative estimate of drug-likeness (QED) is 0.842. The van der Waals surface area contributed by atoms with Gasteiger partial charge < -0.3 is 4.90 Å². The van der Waals surface area contributed by atoms with Gasteiger partial charge >= 0.3 is 0 Å². The zero-order valence-corrected chi connectivity index (χ0v) is 14.3. The molecule has 1 aromatic carbocycles. The molecule has 22 heavy (non-hydrogen) atoms. The zero-order valence-electron chi connectivity index (χ0n) is 12.7. The minimum atomic E-state index is -2.86. The number of hydrogen-bond acceptors (Lipinski definition) is 4. The van der Waals surface area contributed by atoms with Crippen LogP contribution in [-0.4, -0.2) is 48.8 Å². The Morgan fingerprint density at radius 3 is 2.82 bits per heavy atom. The minimum absolute atomic E-state index is 0.0817. The molecule has 1 aromatic rings. The van der Waals surface area contributed by atoms with Crippen LogP contribution < -0.4 is 0 Å². The fraction of sp³-hybridized carbons (Fsp3) is 0.562. The van der Waals surface area contributed by atoms with Crippen LogP contribution in [0.4, 0.5) is 0 Å². The lowest BCUT2D eigenvalue weighted by atomic mass is 10.1. The number of benzene rings is 1. The smallest absolute Gasteiger partial charge is 0.232 e. The maximum Gasteiger partial charge on any atom is 0.232 e. The van der Waals surface area contributed by atoms with Crippen LogP contribution in [0, 0.1) is 0 Å². The topological polar surface area (TPSA) is 54.5 Å². The van der Waals surface area contributed by atoms with Crippen LogP contribution in [0.15, 0.2) is 24.3 Å². The molecule has 120 valence electrons. The lowest BCUT2D eigenvalue weighted by molar-refractivity contribution is -0.129. The summed E-state index contributed by atoms with van der Waals surface area (Å²) in [5.41, 5.74) is 2.59. The van der Waals surface area contributed by atoms with Crippen molar-refractivity contribution >= 4 is 27.5 Å². The van der Waals surface area contributed by atoms with E-state index in [0.717, 1.165) is 12.8 Å². The Balaban J connectivity index is 1.57. The molecule has 2 atom stereocenters. The Hall–Kier alpha value is -1.01. The summed E-state index contributed by atoms with van der Waals surface area (Å²) in [6.07, 6.45) is 2.67. The van der Waals surface area contributed by atoms with E-state index in [-0.39, 0.29) is 28.7 Å². The van der Waals surface area contributed by atoms with E-state index >= 15 is 0 Å². The number of carbonyl (C=O) groups is 1. The fourth-order valence-electron chi connectivity index (χ4n) is 3.29. The van der Waals surface area contributed by atoms with Gasteiger partial charge in [0.2, 0.25) is 5.91 Å². The lowest BCUT2D eigenvalue weighted by Gasteiger charge is -2.26. The molecule has 0 radical (unpaired) electrons. The number of nitrogens with zero attached hydrogens (tertiary/aromatic N) is 1. The molecular formula is C16H21NO3S2. The molecule has 0 aromatic heterocycles. The van der Waals surface area contributed by atoms with Gasteiger partial charge in [-0.2, -0.15) is 0 Å². The Morgan fingerprint density at radius 1 is 1.32 bits per heavy atom. The lowest BCUT2D eigenvalue weighted by Crippen LogP contribution is -2.32. The molecule has 1 heterocycles. The molecule has 2 unspecified atom stereocenters. The number of fused-ring (bicyclic) bond motifs is 1. The predicted molar refractivity (Wildman–Crippen MR) is 89.8 cm³/mol. The van der Waals surface area contributed by atoms with Crippen molar-refractivity contribution in [1.29, 1.82) is 0 Å². The van der Waals surface area contributed by atoms with E-state index in [9.17, 15) is 13.2 Å². The first-order valence-corrected chi connectivity index (χ1v) is 10.5. The first kappa shape index (κ1) is 15.9. The van der Waals surface area contributed by atoms with Gasteiger partial charge in [-0.25, -0.2) is 8.42 Å². The number of rotatable bonds is 4. The van der Waals surface area contributed by atoms with Crippen molar-refractivity contribution in [2.45, 2.75) is 30.6 Å². The minimum Gasteiger partial charge on any atom is -0.338 e. The molecule has 1 amide bonds. The molecule has 0 N–H and O–H groups in total. The molecule has 1 aliphatic heterocycles. The van der Waals surface area contributed by atoms with Crippen LogP contribution >= 0.6 is 11.8 Å². The third-order valence-electron chi connectivity index (χ3n) is 4.60. The molecule has 1 saturated heterocycles. The number of sulfone groups is 1. The summed E-state index contributed by atoms with van der Waals surface area (Å²) in [7, 11) is -1.00. The molecule has 6 heteroatoms. The second-order valence-corrected chi connectivity index (χ2v) is 9.61. The average molecular weight is 339 g/mol. The average Bonchev–Trinajstić information content (AvgIpc) is 3.07. The second-order valence-electron chi connectivity index (χ2n) is 6.09. The maximum atomic E-state index is 12.4. The molecule has 3 rings (SSSR count). The van der Waals surface area contributed by atoms with Gasteiger partial charge in [-0.05, 0) is 30.4 Å². The van der Waals surface area contributed by atoms with Gasteiger partial charge in [0.25, 0.3) is 0 Å². The van der Waals surface area contributed by atoms with E-state index in [1.807, 2.05) is 24.1 Å². The van der Waals surface area contributed by atoms with E-state index in [4.69, 9.17) is 0 Å². The summed E-state index contributed by atoms with van der Waals surface area (Å²) in [6, 6.07) is 8.46. The summed E-state index contributed by atoms with van der Waals surface area (Å²) in [5, 5.41) is 0.0817. The normalized spacial score (nSPS) is 25.9. The van der Waals surface area contributed by atoms with Gasteiger partial charge in [0, 0.05) is 12.3 Å². The van der Waals surface area contributed by atoms with Gasteiger partial charge in [0.1, 0.15) is 0 Å². The van der Waals surface area contributed by atoms with Crippen molar-refractivity contribution in [3.8, 4) is 0 Å². The molecule has 1 aliphatic carbocycles. The highest BCUT2D eigenvalue weighted by molar-refractivity contribution is 8.02. The van der Waals surface area contributed by atoms with E-state index in [2.05, 4.69) is 12.1 Å². The highest BCUT2D eigenvalue weighted by Gasteiger charge is 2.31. The SMILES string of the molecule is CN(C(=O)CSC1CCS(=O)(=O)C1)C1CCc2ccccc21. The predicted octanol–water partition coefficient (Wildman–Crippen LogP) is 2.05. The molecule has 2 aliphatic rings. The van der Waals surface area contributed by atoms with Crippen LogP contribution in [0.5, 0.6) is 0 Å². The van der Waals surface area contributed by atoms with E-state index in [1.165, 1.54) is 22.9 Å². The number of thioether (sulfide) groups is 1. The van der Waals surface area contributed by atoms with Crippen LogP contribution in [0.1, 0.15) is 30.0 Å². The first-order chi connectivity index (χ1) is 10.5. The highest BCUT2D eigenvalue weighted by Crippen LogP contribution is 2.35. The zero-order chi connectivity index (χ0) is 15.7. The molecule has 0 saturated carbocycles. The third kappa shape index (κ3) is 3.33. The number of hydrogen-bond donors (Lipinski definition) is 0. The van der Waals surface area contributed by atoms with Crippen molar-refractivity contribution in [3.63, 3.8) is 0 Å². The van der Waals surface area contributed by atoms with Gasteiger partial charge in [0.05, 0.1) is 23.3 Å². The molecular weight excluding hydrogens is 318 g/mol. The Morgan fingerprint density at radius 2 is 2.09 bits per heavy atom. The van der Waals surface area contributed by atoms with Crippen molar-refractivity contribution < 1.29 is 13.2 Å². The largest absolute Gasteiger partial charge is 0.338 e. The molecule has 0 spiro atoms. The fourth-order valence-corrected chi connectivity index (χ4v) is 6.86. The summed E-state index contributed by atoms with van der Waals surface area (Å²) in [6.45, 7) is 0. The van der Waals surface area contributed by atoms with Crippen LogP contribution in [-0.2, 0) is 21.1 Å². The van der Waals surface area contributed by atoms with Gasteiger partial charge in [-0.1, -0.05) is 24.3 Å². The standard InChI is InChI=1S/C16H21NO3S2/c1-17(15-7-6-12-4-2-3-5-14(12)15)16(18)10-21-13-8-9-22(19,20)11-13/h2-5,13,15H,6-11H2,1H3. The summed E-state index contributed by atoms with van der Waals surface area (Å²) < 4.78 is 22.9. The van der Waals surface area contributed by atoms with Crippen LogP contribution in [0.25, 0.3) is 0 Å². The Kier molecular flexibility index (Phi) is 4.50. The van der Waals surface area contributed by atoms with Crippen molar-refractivity contribution in [2.24, 2.45) is 0 Å². The van der Waals surface area contributed by atoms with E-state index in [0.29, 0.717) is 12.2 Å². The summed E-state index contributed by atoms with van der Waals surface area (Å²) in [4.78, 5) is 14.2.